The van der Waals surface area contributed by atoms with E-state index in [0.29, 0.717) is 38.5 Å². The Balaban J connectivity index is 0.00000181. The molecule has 3 rings (SSSR count). The van der Waals surface area contributed by atoms with Crippen LogP contribution in [0.5, 0.6) is 17.2 Å². The van der Waals surface area contributed by atoms with Gasteiger partial charge in [-0.15, -0.1) is 0 Å². The summed E-state index contributed by atoms with van der Waals surface area (Å²) in [7, 11) is 1.82. The lowest BCUT2D eigenvalue weighted by molar-refractivity contribution is -0.218. The van der Waals surface area contributed by atoms with Crippen molar-refractivity contribution in [2.75, 3.05) is 33.3 Å². The molecule has 0 spiro atoms. The minimum absolute atomic E-state index is 0.00793. The number of aromatic hydroxyl groups is 3. The van der Waals surface area contributed by atoms with Crippen molar-refractivity contribution in [2.45, 2.75) is 45.4 Å². The first-order valence-electron chi connectivity index (χ1n) is 14.9. The van der Waals surface area contributed by atoms with Crippen molar-refractivity contribution in [3.63, 3.8) is 0 Å². The molecule has 254 valence electrons. The Morgan fingerprint density at radius 3 is 1.74 bits per heavy atom. The Labute approximate surface area is 274 Å². The zero-order valence-corrected chi connectivity index (χ0v) is 26.8. The zero-order chi connectivity index (χ0) is 34.8. The fraction of sp³-hybridized carbons (Fsp3) is 0.353. The lowest BCUT2D eigenvalue weighted by atomic mass is 10.1. The van der Waals surface area contributed by atoms with E-state index in [0.717, 1.165) is 28.7 Å². The summed E-state index contributed by atoms with van der Waals surface area (Å²) in [5.74, 6) is -0.405. The minimum Gasteiger partial charge on any atom is -0.508 e. The molecule has 13 nitrogen and oxygen atoms in total. The average Bonchev–Trinajstić information content (AvgIpc) is 3.03. The highest BCUT2D eigenvalue weighted by Crippen LogP contribution is 2.18. The van der Waals surface area contributed by atoms with Gasteiger partial charge in [0.25, 0.3) is 5.97 Å². The molecule has 0 aliphatic rings. The van der Waals surface area contributed by atoms with Gasteiger partial charge in [0.1, 0.15) is 29.7 Å². The van der Waals surface area contributed by atoms with Crippen molar-refractivity contribution in [1.82, 2.24) is 14.9 Å². The van der Waals surface area contributed by atoms with E-state index < -0.39 is 24.3 Å². The summed E-state index contributed by atoms with van der Waals surface area (Å²) in [5, 5.41) is 37.1. The number of carbonyl (C=O) groups excluding carboxylic acids is 3. The molecule has 3 aromatic carbocycles. The van der Waals surface area contributed by atoms with Gasteiger partial charge >= 0.3 is 6.09 Å². The number of carboxylic acids is 1. The maximum atomic E-state index is 13.5. The molecule has 13 heteroatoms. The van der Waals surface area contributed by atoms with Crippen molar-refractivity contribution in [3.8, 4) is 17.2 Å². The molecule has 4 N–H and O–H groups in total. The number of phenolic OH excluding ortho intramolecular Hbond substituents is 3. The third-order valence-electron chi connectivity index (χ3n) is 6.75. The standard InChI is InChI=1S/C32H39N3O8.C2H4O2/c1-24(21-27-7-13-30(40)14-8-27)43-35(32(41)42-20-16-26-5-11-29(39)12-6-26)31(34(23-37)18-19-36)22-33(2)17-15-25-3-9-28(38)10-4-25;1-2(3)4/h3-14,19,23-24,31,38-40H,15-18,20-22H2,1-2H3;1H3,(H,3,4). The quantitative estimate of drug-likeness (QED) is 0.0951. The summed E-state index contributed by atoms with van der Waals surface area (Å²) < 4.78 is 5.57. The van der Waals surface area contributed by atoms with E-state index in [-0.39, 0.29) is 36.9 Å². The zero-order valence-electron chi connectivity index (χ0n) is 26.8. The summed E-state index contributed by atoms with van der Waals surface area (Å²) in [6.45, 7) is 3.27. The van der Waals surface area contributed by atoms with E-state index in [2.05, 4.69) is 0 Å². The Kier molecular flexibility index (Phi) is 16.3. The number of hydroxylamine groups is 2. The molecular weight excluding hydrogens is 610 g/mol. The molecule has 0 aromatic heterocycles. The number of carboxylic acid groups (broad SMARTS) is 1. The summed E-state index contributed by atoms with van der Waals surface area (Å²) in [6.07, 6.45) is 0.0873. The molecule has 0 heterocycles. The summed E-state index contributed by atoms with van der Waals surface area (Å²) in [5.41, 5.74) is 2.69. The van der Waals surface area contributed by atoms with Crippen LogP contribution in [0.25, 0.3) is 0 Å². The predicted octanol–water partition coefficient (Wildman–Crippen LogP) is 3.60. The summed E-state index contributed by atoms with van der Waals surface area (Å²) in [6, 6.07) is 20.0. The molecule has 47 heavy (non-hydrogen) atoms. The van der Waals surface area contributed by atoms with Crippen LogP contribution in [0.4, 0.5) is 4.79 Å². The van der Waals surface area contributed by atoms with E-state index in [9.17, 15) is 29.7 Å². The molecule has 3 aromatic rings. The monoisotopic (exact) mass is 653 g/mol. The molecule has 0 radical (unpaired) electrons. The maximum Gasteiger partial charge on any atom is 0.436 e. The fourth-order valence-corrected chi connectivity index (χ4v) is 4.40. The SMILES string of the molecule is CC(=O)O.CC(Cc1ccc(O)cc1)ON(C(=O)OCCc1ccc(O)cc1)C(CN(C)CCc1ccc(O)cc1)N(C=O)CC=O. The van der Waals surface area contributed by atoms with E-state index in [4.69, 9.17) is 19.5 Å². The van der Waals surface area contributed by atoms with Gasteiger partial charge in [-0.05, 0) is 73.5 Å². The van der Waals surface area contributed by atoms with Crippen molar-refractivity contribution in [1.29, 1.82) is 0 Å². The largest absolute Gasteiger partial charge is 0.508 e. The molecule has 2 amide bonds. The van der Waals surface area contributed by atoms with Gasteiger partial charge in [-0.2, -0.15) is 5.06 Å². The van der Waals surface area contributed by atoms with Crippen LogP contribution in [0.3, 0.4) is 0 Å². The van der Waals surface area contributed by atoms with Crippen molar-refractivity contribution >= 4 is 24.8 Å². The van der Waals surface area contributed by atoms with Crippen molar-refractivity contribution in [2.24, 2.45) is 0 Å². The van der Waals surface area contributed by atoms with Gasteiger partial charge in [-0.1, -0.05) is 36.4 Å². The van der Waals surface area contributed by atoms with Crippen LogP contribution >= 0.6 is 0 Å². The van der Waals surface area contributed by atoms with E-state index >= 15 is 0 Å². The van der Waals surface area contributed by atoms with Crippen LogP contribution in [0, 0.1) is 0 Å². The van der Waals surface area contributed by atoms with Gasteiger partial charge in [-0.25, -0.2) is 4.79 Å². The summed E-state index contributed by atoms with van der Waals surface area (Å²) >= 11 is 0. The number of aldehydes is 1. The van der Waals surface area contributed by atoms with E-state index in [1.807, 2.05) is 24.1 Å². The average molecular weight is 654 g/mol. The number of benzene rings is 3. The Bertz CT molecular complexity index is 1380. The number of hydrogen-bond donors (Lipinski definition) is 4. The molecule has 2 unspecified atom stereocenters. The second-order valence-electron chi connectivity index (χ2n) is 10.8. The van der Waals surface area contributed by atoms with Gasteiger partial charge < -0.3 is 39.8 Å². The molecular formula is C34H43N3O10. The number of rotatable bonds is 17. The Hall–Kier alpha value is -5.14. The second kappa shape index (κ2) is 20.1. The van der Waals surface area contributed by atoms with Gasteiger partial charge in [-0.3, -0.25) is 14.4 Å². The van der Waals surface area contributed by atoms with Crippen molar-refractivity contribution < 1.29 is 49.2 Å². The smallest absolute Gasteiger partial charge is 0.436 e. The number of hydrogen-bond acceptors (Lipinski definition) is 10. The predicted molar refractivity (Wildman–Crippen MR) is 173 cm³/mol. The molecule has 0 aliphatic carbocycles. The summed E-state index contributed by atoms with van der Waals surface area (Å²) in [4.78, 5) is 55.4. The topological polar surface area (TPSA) is 177 Å². The molecule has 0 saturated carbocycles. The first kappa shape index (κ1) is 38.0. The Morgan fingerprint density at radius 2 is 1.28 bits per heavy atom. The number of aliphatic carboxylic acids is 1. The lowest BCUT2D eigenvalue weighted by Crippen LogP contribution is -2.57. The number of nitrogens with zero attached hydrogens (tertiary/aromatic N) is 3. The molecule has 2 atom stereocenters. The van der Waals surface area contributed by atoms with Crippen LogP contribution in [-0.2, 0) is 43.2 Å². The third-order valence-corrected chi connectivity index (χ3v) is 6.75. The highest BCUT2D eigenvalue weighted by Gasteiger charge is 2.33. The second-order valence-corrected chi connectivity index (χ2v) is 10.8. The number of phenols is 3. The highest BCUT2D eigenvalue weighted by molar-refractivity contribution is 5.68. The van der Waals surface area contributed by atoms with Crippen LogP contribution in [0.15, 0.2) is 72.8 Å². The Morgan fingerprint density at radius 1 is 0.809 bits per heavy atom. The van der Waals surface area contributed by atoms with Crippen LogP contribution < -0.4 is 0 Å². The van der Waals surface area contributed by atoms with Crippen LogP contribution in [-0.4, -0.2) is 106 Å². The third kappa shape index (κ3) is 14.7. The highest BCUT2D eigenvalue weighted by atomic mass is 16.7. The minimum atomic E-state index is -1.00. The van der Waals surface area contributed by atoms with Crippen molar-refractivity contribution in [3.05, 3.63) is 89.5 Å². The van der Waals surface area contributed by atoms with E-state index in [1.165, 1.54) is 4.90 Å². The molecule has 0 bridgehead atoms. The van der Waals surface area contributed by atoms with Gasteiger partial charge in [0, 0.05) is 32.9 Å². The van der Waals surface area contributed by atoms with Crippen LogP contribution in [0.1, 0.15) is 30.5 Å². The van der Waals surface area contributed by atoms with E-state index in [1.54, 1.807) is 67.6 Å². The first-order valence-corrected chi connectivity index (χ1v) is 14.9. The maximum absolute atomic E-state index is 13.5. The first-order chi connectivity index (χ1) is 22.4. The lowest BCUT2D eigenvalue weighted by Gasteiger charge is -2.38. The number of likely N-dealkylation sites (N-methyl/N-ethyl adjacent to an activating group) is 1. The molecule has 0 saturated heterocycles. The van der Waals surface area contributed by atoms with Gasteiger partial charge in [0.2, 0.25) is 6.41 Å². The number of ether oxygens (including phenoxy) is 1. The molecule has 0 aliphatic heterocycles. The van der Waals surface area contributed by atoms with Crippen LogP contribution in [0.2, 0.25) is 0 Å². The number of amides is 2. The van der Waals surface area contributed by atoms with Gasteiger partial charge in [0.05, 0.1) is 19.3 Å². The number of carbonyl (C=O) groups is 4. The fourth-order valence-electron chi connectivity index (χ4n) is 4.40. The van der Waals surface area contributed by atoms with Gasteiger partial charge in [0.15, 0.2) is 0 Å². The molecule has 0 fully saturated rings. The normalized spacial score (nSPS) is 11.8.